The van der Waals surface area contributed by atoms with E-state index < -0.39 is 5.97 Å². The van der Waals surface area contributed by atoms with Crippen molar-refractivity contribution in [2.24, 2.45) is 0 Å². The number of rotatable bonds is 4. The number of nitrogens with one attached hydrogen (secondary N) is 1. The highest BCUT2D eigenvalue weighted by atomic mass is 16.4. The standard InChI is InChI=1S/C10H15N3O2/c1-2-8-12-3-4-13(8)10(5-9(14)15)6-11-7-10/h3-4,11H,2,5-7H2,1H3,(H,14,15). The first-order valence-electron chi connectivity index (χ1n) is 5.13. The van der Waals surface area contributed by atoms with Crippen LogP contribution in [-0.4, -0.2) is 33.7 Å². The molecule has 5 nitrogen and oxygen atoms in total. The normalized spacial score (nSPS) is 18.5. The molecule has 0 bridgehead atoms. The number of hydrogen-bond donors (Lipinski definition) is 2. The lowest BCUT2D eigenvalue weighted by Gasteiger charge is -2.43. The minimum Gasteiger partial charge on any atom is -0.481 e. The van der Waals surface area contributed by atoms with Crippen LogP contribution in [0, 0.1) is 0 Å². The molecule has 1 aliphatic heterocycles. The highest BCUT2D eigenvalue weighted by Crippen LogP contribution is 2.27. The van der Waals surface area contributed by atoms with Crippen molar-refractivity contribution in [1.29, 1.82) is 0 Å². The third-order valence-electron chi connectivity index (χ3n) is 2.93. The van der Waals surface area contributed by atoms with Gasteiger partial charge in [0, 0.05) is 31.9 Å². The maximum absolute atomic E-state index is 10.8. The minimum absolute atomic E-state index is 0.156. The summed E-state index contributed by atoms with van der Waals surface area (Å²) in [5.41, 5.74) is -0.298. The van der Waals surface area contributed by atoms with Gasteiger partial charge in [-0.25, -0.2) is 4.98 Å². The Labute approximate surface area is 88.1 Å². The van der Waals surface area contributed by atoms with Gasteiger partial charge in [-0.1, -0.05) is 6.92 Å². The number of carboxylic acid groups (broad SMARTS) is 1. The van der Waals surface area contributed by atoms with Crippen LogP contribution in [0.15, 0.2) is 12.4 Å². The van der Waals surface area contributed by atoms with E-state index in [2.05, 4.69) is 10.3 Å². The Balaban J connectivity index is 2.29. The molecule has 0 atom stereocenters. The van der Waals surface area contributed by atoms with Crippen LogP contribution in [0.3, 0.4) is 0 Å². The largest absolute Gasteiger partial charge is 0.481 e. The van der Waals surface area contributed by atoms with Gasteiger partial charge in [0.2, 0.25) is 0 Å². The molecule has 1 fully saturated rings. The molecule has 1 aliphatic rings. The van der Waals surface area contributed by atoms with Crippen molar-refractivity contribution < 1.29 is 9.90 Å². The van der Waals surface area contributed by atoms with Gasteiger partial charge in [-0.15, -0.1) is 0 Å². The fourth-order valence-electron chi connectivity index (χ4n) is 2.10. The van der Waals surface area contributed by atoms with Gasteiger partial charge in [0.1, 0.15) is 5.82 Å². The molecule has 0 radical (unpaired) electrons. The molecule has 2 heterocycles. The van der Waals surface area contributed by atoms with Gasteiger partial charge >= 0.3 is 5.97 Å². The van der Waals surface area contributed by atoms with Gasteiger partial charge in [-0.05, 0) is 0 Å². The van der Waals surface area contributed by atoms with Gasteiger partial charge in [0.05, 0.1) is 12.0 Å². The van der Waals surface area contributed by atoms with E-state index in [-0.39, 0.29) is 12.0 Å². The zero-order valence-electron chi connectivity index (χ0n) is 8.73. The number of aromatic nitrogens is 2. The molecule has 2 N–H and O–H groups in total. The maximum Gasteiger partial charge on any atom is 0.305 e. The number of carbonyl (C=O) groups is 1. The summed E-state index contributed by atoms with van der Waals surface area (Å²) in [6.07, 6.45) is 4.60. The van der Waals surface area contributed by atoms with Gasteiger partial charge in [0.15, 0.2) is 0 Å². The molecular weight excluding hydrogens is 194 g/mol. The Hall–Kier alpha value is -1.36. The number of hydrogen-bond acceptors (Lipinski definition) is 3. The van der Waals surface area contributed by atoms with Crippen molar-refractivity contribution in [3.8, 4) is 0 Å². The molecule has 5 heteroatoms. The molecule has 1 aromatic heterocycles. The van der Waals surface area contributed by atoms with Crippen molar-refractivity contribution in [3.05, 3.63) is 18.2 Å². The van der Waals surface area contributed by atoms with E-state index in [0.29, 0.717) is 13.1 Å². The van der Waals surface area contributed by atoms with Crippen LogP contribution in [0.1, 0.15) is 19.2 Å². The quantitative estimate of drug-likeness (QED) is 0.744. The van der Waals surface area contributed by atoms with Crippen LogP contribution >= 0.6 is 0 Å². The molecule has 15 heavy (non-hydrogen) atoms. The first-order chi connectivity index (χ1) is 7.18. The molecular formula is C10H15N3O2. The molecule has 82 valence electrons. The van der Waals surface area contributed by atoms with Crippen molar-refractivity contribution >= 4 is 5.97 Å². The fraction of sp³-hybridized carbons (Fsp3) is 0.600. The van der Waals surface area contributed by atoms with Crippen LogP contribution in [0.4, 0.5) is 0 Å². The molecule has 1 saturated heterocycles. The molecule has 1 aromatic rings. The lowest BCUT2D eigenvalue weighted by molar-refractivity contribution is -0.140. The van der Waals surface area contributed by atoms with Crippen LogP contribution < -0.4 is 5.32 Å². The van der Waals surface area contributed by atoms with Gasteiger partial charge in [-0.2, -0.15) is 0 Å². The average Bonchev–Trinajstić information content (AvgIpc) is 2.58. The number of aryl methyl sites for hydroxylation is 1. The van der Waals surface area contributed by atoms with E-state index in [1.165, 1.54) is 0 Å². The van der Waals surface area contributed by atoms with Crippen LogP contribution in [0.25, 0.3) is 0 Å². The lowest BCUT2D eigenvalue weighted by Crippen LogP contribution is -2.61. The monoisotopic (exact) mass is 209 g/mol. The van der Waals surface area contributed by atoms with Crippen molar-refractivity contribution in [2.45, 2.75) is 25.3 Å². The van der Waals surface area contributed by atoms with Crippen LogP contribution in [-0.2, 0) is 16.8 Å². The smallest absolute Gasteiger partial charge is 0.305 e. The summed E-state index contributed by atoms with van der Waals surface area (Å²) in [5, 5.41) is 12.1. The van der Waals surface area contributed by atoms with E-state index in [9.17, 15) is 4.79 Å². The lowest BCUT2D eigenvalue weighted by atomic mass is 9.88. The summed E-state index contributed by atoms with van der Waals surface area (Å²) in [5.74, 6) is 0.199. The number of aliphatic carboxylic acids is 1. The Morgan fingerprint density at radius 3 is 2.93 bits per heavy atom. The van der Waals surface area contributed by atoms with Gasteiger partial charge in [-0.3, -0.25) is 4.79 Å². The predicted molar refractivity (Wildman–Crippen MR) is 54.7 cm³/mol. The topological polar surface area (TPSA) is 67.2 Å². The fourth-order valence-corrected chi connectivity index (χ4v) is 2.10. The summed E-state index contributed by atoms with van der Waals surface area (Å²) in [6, 6.07) is 0. The Morgan fingerprint density at radius 2 is 2.47 bits per heavy atom. The molecule has 2 rings (SSSR count). The second kappa shape index (κ2) is 3.66. The van der Waals surface area contributed by atoms with E-state index in [1.54, 1.807) is 6.20 Å². The molecule has 0 unspecified atom stereocenters. The predicted octanol–water partition coefficient (Wildman–Crippen LogP) is 0.219. The Morgan fingerprint density at radius 1 is 1.73 bits per heavy atom. The van der Waals surface area contributed by atoms with Crippen molar-refractivity contribution in [1.82, 2.24) is 14.9 Å². The Bertz CT molecular complexity index is 368. The summed E-state index contributed by atoms with van der Waals surface area (Å²) < 4.78 is 2.01. The maximum atomic E-state index is 10.8. The second-order valence-corrected chi connectivity index (χ2v) is 3.97. The van der Waals surface area contributed by atoms with Gasteiger partial charge < -0.3 is 15.0 Å². The van der Waals surface area contributed by atoms with E-state index in [4.69, 9.17) is 5.11 Å². The van der Waals surface area contributed by atoms with Crippen LogP contribution in [0.2, 0.25) is 0 Å². The summed E-state index contributed by atoms with van der Waals surface area (Å²) >= 11 is 0. The molecule has 0 aromatic carbocycles. The third kappa shape index (κ3) is 1.63. The summed E-state index contributed by atoms with van der Waals surface area (Å²) in [6.45, 7) is 3.45. The molecule has 0 saturated carbocycles. The van der Waals surface area contributed by atoms with Gasteiger partial charge in [0.25, 0.3) is 0 Å². The second-order valence-electron chi connectivity index (χ2n) is 3.97. The van der Waals surface area contributed by atoms with Crippen LogP contribution in [0.5, 0.6) is 0 Å². The van der Waals surface area contributed by atoms with E-state index in [0.717, 1.165) is 12.2 Å². The first kappa shape index (κ1) is 10.2. The van der Waals surface area contributed by atoms with Crippen molar-refractivity contribution in [2.75, 3.05) is 13.1 Å². The number of nitrogens with zero attached hydrogens (tertiary/aromatic N) is 2. The average molecular weight is 209 g/mol. The third-order valence-corrected chi connectivity index (χ3v) is 2.93. The Kier molecular flexibility index (Phi) is 2.48. The van der Waals surface area contributed by atoms with Crippen molar-refractivity contribution in [3.63, 3.8) is 0 Å². The SMILES string of the molecule is CCc1nccn1C1(CC(=O)O)CNC1. The number of imidazole rings is 1. The molecule has 0 amide bonds. The summed E-state index contributed by atoms with van der Waals surface area (Å²) in [7, 11) is 0. The zero-order valence-corrected chi connectivity index (χ0v) is 8.73. The molecule has 0 aliphatic carbocycles. The molecule has 0 spiro atoms. The van der Waals surface area contributed by atoms with E-state index in [1.807, 2.05) is 17.7 Å². The first-order valence-corrected chi connectivity index (χ1v) is 5.13. The zero-order chi connectivity index (χ0) is 10.9. The minimum atomic E-state index is -0.757. The highest BCUT2D eigenvalue weighted by Gasteiger charge is 2.41. The summed E-state index contributed by atoms with van der Waals surface area (Å²) in [4.78, 5) is 15.1. The number of carboxylic acids is 1. The van der Waals surface area contributed by atoms with E-state index >= 15 is 0 Å². The highest BCUT2D eigenvalue weighted by molar-refractivity contribution is 5.68.